The molecule has 0 unspecified atom stereocenters. The number of carbonyl (C=O) groups excluding carboxylic acids is 1. The number of hydrogen-bond acceptors (Lipinski definition) is 1. The molecule has 0 spiro atoms. The minimum Gasteiger partial charge on any atom is -0.335 e. The van der Waals surface area contributed by atoms with Crippen LogP contribution in [0.5, 0.6) is 0 Å². The van der Waals surface area contributed by atoms with E-state index in [1.165, 1.54) is 12.8 Å². The third kappa shape index (κ3) is 3.27. The van der Waals surface area contributed by atoms with Crippen LogP contribution in [0.3, 0.4) is 0 Å². The molecule has 1 amide bonds. The maximum atomic E-state index is 12.5. The van der Waals surface area contributed by atoms with Crippen molar-refractivity contribution >= 4 is 33.4 Å². The molecule has 0 bridgehead atoms. The number of amides is 1. The Morgan fingerprint density at radius 1 is 1.28 bits per heavy atom. The number of halogens is 2. The van der Waals surface area contributed by atoms with Gasteiger partial charge in [0.05, 0.1) is 0 Å². The maximum Gasteiger partial charge on any atom is 0.254 e. The summed E-state index contributed by atoms with van der Waals surface area (Å²) in [4.78, 5) is 14.5. The van der Waals surface area contributed by atoms with E-state index in [9.17, 15) is 4.79 Å². The monoisotopic (exact) mass is 329 g/mol. The molecule has 1 aliphatic carbocycles. The lowest BCUT2D eigenvalue weighted by molar-refractivity contribution is 0.0696. The van der Waals surface area contributed by atoms with E-state index in [0.29, 0.717) is 11.1 Å². The lowest BCUT2D eigenvalue weighted by Crippen LogP contribution is -2.40. The average Bonchev–Trinajstić information content (AvgIpc) is 2.90. The van der Waals surface area contributed by atoms with Crippen molar-refractivity contribution in [2.75, 3.05) is 11.9 Å². The zero-order chi connectivity index (χ0) is 13.0. The van der Waals surface area contributed by atoms with E-state index in [1.807, 2.05) is 4.90 Å². The van der Waals surface area contributed by atoms with Crippen LogP contribution in [0.4, 0.5) is 0 Å². The smallest absolute Gasteiger partial charge is 0.254 e. The number of rotatable bonds is 4. The molecule has 0 saturated heterocycles. The van der Waals surface area contributed by atoms with Gasteiger partial charge in [-0.25, -0.2) is 0 Å². The molecule has 0 aliphatic heterocycles. The molecule has 1 aromatic rings. The van der Waals surface area contributed by atoms with Gasteiger partial charge in [-0.3, -0.25) is 4.79 Å². The summed E-state index contributed by atoms with van der Waals surface area (Å²) in [5.41, 5.74) is 0.729. The summed E-state index contributed by atoms with van der Waals surface area (Å²) < 4.78 is 0. The fourth-order valence-corrected chi connectivity index (χ4v) is 3.02. The van der Waals surface area contributed by atoms with Gasteiger partial charge in [0.1, 0.15) is 0 Å². The van der Waals surface area contributed by atoms with Gasteiger partial charge in [0.25, 0.3) is 5.91 Å². The first kappa shape index (κ1) is 13.9. The molecule has 0 N–H and O–H groups in total. The van der Waals surface area contributed by atoms with Gasteiger partial charge in [-0.05, 0) is 37.1 Å². The SMILES string of the molecule is O=C(c1ccc(Cl)cc1)N(CCBr)C1CCCC1. The first-order valence-corrected chi connectivity index (χ1v) is 7.85. The second-order valence-corrected chi connectivity index (χ2v) is 5.86. The van der Waals surface area contributed by atoms with E-state index in [2.05, 4.69) is 15.9 Å². The number of alkyl halides is 1. The molecule has 2 rings (SSSR count). The van der Waals surface area contributed by atoms with E-state index < -0.39 is 0 Å². The van der Waals surface area contributed by atoms with Crippen LogP contribution in [0.15, 0.2) is 24.3 Å². The second kappa shape index (κ2) is 6.58. The van der Waals surface area contributed by atoms with Gasteiger partial charge in [-0.1, -0.05) is 40.4 Å². The van der Waals surface area contributed by atoms with Crippen LogP contribution in [0.25, 0.3) is 0 Å². The number of hydrogen-bond donors (Lipinski definition) is 0. The van der Waals surface area contributed by atoms with Crippen LogP contribution in [-0.2, 0) is 0 Å². The summed E-state index contributed by atoms with van der Waals surface area (Å²) in [5, 5.41) is 1.49. The normalized spacial score (nSPS) is 15.9. The summed E-state index contributed by atoms with van der Waals surface area (Å²) in [6.45, 7) is 0.770. The minimum atomic E-state index is 0.123. The molecule has 0 heterocycles. The van der Waals surface area contributed by atoms with E-state index in [1.54, 1.807) is 24.3 Å². The average molecular weight is 331 g/mol. The molecule has 1 aromatic carbocycles. The summed E-state index contributed by atoms with van der Waals surface area (Å²) >= 11 is 9.29. The van der Waals surface area contributed by atoms with Gasteiger partial charge < -0.3 is 4.90 Å². The van der Waals surface area contributed by atoms with Crippen molar-refractivity contribution in [3.05, 3.63) is 34.9 Å². The van der Waals surface area contributed by atoms with Gasteiger partial charge in [-0.2, -0.15) is 0 Å². The number of benzene rings is 1. The predicted octanol–water partition coefficient (Wildman–Crippen LogP) is 4.12. The van der Waals surface area contributed by atoms with E-state index in [-0.39, 0.29) is 5.91 Å². The molecule has 18 heavy (non-hydrogen) atoms. The third-order valence-corrected chi connectivity index (χ3v) is 4.05. The zero-order valence-electron chi connectivity index (χ0n) is 10.2. The Labute approximate surface area is 121 Å². The standard InChI is InChI=1S/C14H17BrClNO/c15-9-10-17(13-3-1-2-4-13)14(18)11-5-7-12(16)8-6-11/h5-8,13H,1-4,9-10H2. The third-order valence-electron chi connectivity index (χ3n) is 3.44. The molecule has 0 atom stereocenters. The molecule has 1 aliphatic rings. The van der Waals surface area contributed by atoms with Crippen molar-refractivity contribution in [2.45, 2.75) is 31.7 Å². The van der Waals surface area contributed by atoms with Crippen molar-refractivity contribution in [3.8, 4) is 0 Å². The Morgan fingerprint density at radius 2 is 1.89 bits per heavy atom. The minimum absolute atomic E-state index is 0.123. The predicted molar refractivity (Wildman–Crippen MR) is 78.5 cm³/mol. The van der Waals surface area contributed by atoms with Gasteiger partial charge in [-0.15, -0.1) is 0 Å². The van der Waals surface area contributed by atoms with Crippen LogP contribution in [0.1, 0.15) is 36.0 Å². The second-order valence-electron chi connectivity index (χ2n) is 4.63. The summed E-state index contributed by atoms with van der Waals surface area (Å²) in [7, 11) is 0. The zero-order valence-corrected chi connectivity index (χ0v) is 12.6. The Morgan fingerprint density at radius 3 is 2.44 bits per heavy atom. The molecule has 4 heteroatoms. The molecule has 0 radical (unpaired) electrons. The fourth-order valence-electron chi connectivity index (χ4n) is 2.52. The Hall–Kier alpha value is -0.540. The molecule has 98 valence electrons. The Kier molecular flexibility index (Phi) is 5.07. The van der Waals surface area contributed by atoms with Crippen LogP contribution in [-0.4, -0.2) is 28.7 Å². The van der Waals surface area contributed by atoms with Crippen molar-refractivity contribution < 1.29 is 4.79 Å². The quantitative estimate of drug-likeness (QED) is 0.761. The first-order chi connectivity index (χ1) is 8.72. The number of nitrogens with zero attached hydrogens (tertiary/aromatic N) is 1. The highest BCUT2D eigenvalue weighted by atomic mass is 79.9. The maximum absolute atomic E-state index is 12.5. The van der Waals surface area contributed by atoms with E-state index in [0.717, 1.165) is 30.3 Å². The van der Waals surface area contributed by atoms with E-state index >= 15 is 0 Å². The highest BCUT2D eigenvalue weighted by Gasteiger charge is 2.26. The van der Waals surface area contributed by atoms with E-state index in [4.69, 9.17) is 11.6 Å². The van der Waals surface area contributed by atoms with Crippen LogP contribution in [0.2, 0.25) is 5.02 Å². The number of carbonyl (C=O) groups is 1. The van der Waals surface area contributed by atoms with Crippen LogP contribution >= 0.6 is 27.5 Å². The van der Waals surface area contributed by atoms with Crippen molar-refractivity contribution in [3.63, 3.8) is 0 Å². The molecule has 0 aromatic heterocycles. The highest BCUT2D eigenvalue weighted by Crippen LogP contribution is 2.25. The fraction of sp³-hybridized carbons (Fsp3) is 0.500. The summed E-state index contributed by atoms with van der Waals surface area (Å²) in [6, 6.07) is 7.57. The Bertz CT molecular complexity index is 401. The molecule has 1 saturated carbocycles. The van der Waals surface area contributed by atoms with Gasteiger partial charge in [0, 0.05) is 28.5 Å². The first-order valence-electron chi connectivity index (χ1n) is 6.35. The largest absolute Gasteiger partial charge is 0.335 e. The van der Waals surface area contributed by atoms with Gasteiger partial charge in [0.2, 0.25) is 0 Å². The lowest BCUT2D eigenvalue weighted by Gasteiger charge is -2.28. The topological polar surface area (TPSA) is 20.3 Å². The van der Waals surface area contributed by atoms with Crippen molar-refractivity contribution in [2.24, 2.45) is 0 Å². The molecule has 1 fully saturated rings. The molecular formula is C14H17BrClNO. The molecular weight excluding hydrogens is 314 g/mol. The van der Waals surface area contributed by atoms with Crippen molar-refractivity contribution in [1.29, 1.82) is 0 Å². The summed E-state index contributed by atoms with van der Waals surface area (Å²) in [5.74, 6) is 0.123. The Balaban J connectivity index is 2.14. The van der Waals surface area contributed by atoms with Gasteiger partial charge in [0.15, 0.2) is 0 Å². The van der Waals surface area contributed by atoms with Crippen LogP contribution in [0, 0.1) is 0 Å². The highest BCUT2D eigenvalue weighted by molar-refractivity contribution is 9.09. The van der Waals surface area contributed by atoms with Crippen molar-refractivity contribution in [1.82, 2.24) is 4.90 Å². The summed E-state index contributed by atoms with van der Waals surface area (Å²) in [6.07, 6.45) is 4.73. The van der Waals surface area contributed by atoms with Crippen LogP contribution < -0.4 is 0 Å². The van der Waals surface area contributed by atoms with Gasteiger partial charge >= 0.3 is 0 Å². The molecule has 2 nitrogen and oxygen atoms in total. The lowest BCUT2D eigenvalue weighted by atomic mass is 10.1.